The maximum absolute atomic E-state index is 13.1. The first kappa shape index (κ1) is 11.1. The minimum atomic E-state index is -0.155. The predicted octanol–water partition coefficient (Wildman–Crippen LogP) is 3.95. The molecule has 92 valence electrons. The zero-order valence-electron chi connectivity index (χ0n) is 10.3. The number of hydrogen-bond donors (Lipinski definition) is 0. The van der Waals surface area contributed by atoms with E-state index >= 15 is 0 Å². The minimum Gasteiger partial charge on any atom is -0.493 e. The fraction of sp³-hybridized carbons (Fsp3) is 0.600. The Balaban J connectivity index is 1.59. The average Bonchev–Trinajstić information content (AvgIpc) is 2.92. The van der Waals surface area contributed by atoms with E-state index in [1.54, 1.807) is 19.1 Å². The van der Waals surface area contributed by atoms with Crippen molar-refractivity contribution in [3.8, 4) is 5.75 Å². The highest BCUT2D eigenvalue weighted by Gasteiger charge is 2.39. The molecule has 3 unspecified atom stereocenters. The van der Waals surface area contributed by atoms with Crippen LogP contribution in [0.2, 0.25) is 0 Å². The zero-order valence-corrected chi connectivity index (χ0v) is 10.3. The second kappa shape index (κ2) is 4.32. The van der Waals surface area contributed by atoms with E-state index < -0.39 is 0 Å². The van der Waals surface area contributed by atoms with Gasteiger partial charge in [0.1, 0.15) is 11.6 Å². The number of rotatable bonds is 3. The van der Waals surface area contributed by atoms with Gasteiger partial charge in [-0.15, -0.1) is 0 Å². The van der Waals surface area contributed by atoms with Crippen LogP contribution in [0.3, 0.4) is 0 Å². The smallest absolute Gasteiger partial charge is 0.126 e. The van der Waals surface area contributed by atoms with Gasteiger partial charge in [-0.3, -0.25) is 0 Å². The third-order valence-electron chi connectivity index (χ3n) is 4.48. The molecular weight excluding hydrogens is 215 g/mol. The lowest BCUT2D eigenvalue weighted by Crippen LogP contribution is -2.18. The van der Waals surface area contributed by atoms with Crippen molar-refractivity contribution in [2.24, 2.45) is 17.8 Å². The quantitative estimate of drug-likeness (QED) is 0.769. The predicted molar refractivity (Wildman–Crippen MR) is 65.6 cm³/mol. The molecule has 1 nitrogen and oxygen atoms in total. The van der Waals surface area contributed by atoms with Gasteiger partial charge >= 0.3 is 0 Å². The van der Waals surface area contributed by atoms with E-state index in [1.807, 2.05) is 0 Å². The van der Waals surface area contributed by atoms with Crippen molar-refractivity contribution in [1.82, 2.24) is 0 Å². The Kier molecular flexibility index (Phi) is 2.81. The van der Waals surface area contributed by atoms with E-state index in [1.165, 1.54) is 31.7 Å². The first-order chi connectivity index (χ1) is 8.22. The molecule has 0 N–H and O–H groups in total. The van der Waals surface area contributed by atoms with Crippen molar-refractivity contribution in [1.29, 1.82) is 0 Å². The Morgan fingerprint density at radius 3 is 2.82 bits per heavy atom. The number of benzene rings is 1. The standard InChI is InChI=1S/C15H19FO/c1-10-6-14(4-5-15(10)16)17-9-13-8-11-2-3-12(13)7-11/h4-6,11-13H,2-3,7-9H2,1H3. The van der Waals surface area contributed by atoms with Crippen LogP contribution in [-0.4, -0.2) is 6.61 Å². The topological polar surface area (TPSA) is 9.23 Å². The lowest BCUT2D eigenvalue weighted by Gasteiger charge is -2.21. The highest BCUT2D eigenvalue weighted by Crippen LogP contribution is 2.48. The summed E-state index contributed by atoms with van der Waals surface area (Å²) in [6, 6.07) is 5.02. The van der Waals surface area contributed by atoms with Crippen molar-refractivity contribution in [2.45, 2.75) is 32.6 Å². The van der Waals surface area contributed by atoms with Gasteiger partial charge in [-0.1, -0.05) is 6.42 Å². The summed E-state index contributed by atoms with van der Waals surface area (Å²) in [6.07, 6.45) is 5.57. The Labute approximate surface area is 102 Å². The number of halogens is 1. The molecule has 3 atom stereocenters. The molecule has 2 aliphatic rings. The fourth-order valence-corrected chi connectivity index (χ4v) is 3.49. The number of aryl methyl sites for hydroxylation is 1. The van der Waals surface area contributed by atoms with E-state index in [9.17, 15) is 4.39 Å². The van der Waals surface area contributed by atoms with Gasteiger partial charge < -0.3 is 4.74 Å². The van der Waals surface area contributed by atoms with E-state index in [2.05, 4.69) is 0 Å². The highest BCUT2D eigenvalue weighted by atomic mass is 19.1. The third-order valence-corrected chi connectivity index (χ3v) is 4.48. The van der Waals surface area contributed by atoms with Crippen LogP contribution in [0, 0.1) is 30.5 Å². The van der Waals surface area contributed by atoms with Crippen molar-refractivity contribution < 1.29 is 9.13 Å². The van der Waals surface area contributed by atoms with Crippen molar-refractivity contribution in [3.05, 3.63) is 29.6 Å². The molecule has 0 saturated heterocycles. The van der Waals surface area contributed by atoms with Crippen LogP contribution in [0.15, 0.2) is 18.2 Å². The molecule has 1 aromatic carbocycles. The molecule has 0 aromatic heterocycles. The summed E-state index contributed by atoms with van der Waals surface area (Å²) in [7, 11) is 0. The SMILES string of the molecule is Cc1cc(OCC2CC3CCC2C3)ccc1F. The summed E-state index contributed by atoms with van der Waals surface area (Å²) >= 11 is 0. The summed E-state index contributed by atoms with van der Waals surface area (Å²) in [5.41, 5.74) is 0.662. The highest BCUT2D eigenvalue weighted by molar-refractivity contribution is 5.28. The van der Waals surface area contributed by atoms with Gasteiger partial charge in [-0.05, 0) is 67.7 Å². The van der Waals surface area contributed by atoms with E-state index in [0.29, 0.717) is 5.56 Å². The minimum absolute atomic E-state index is 0.155. The summed E-state index contributed by atoms with van der Waals surface area (Å²) in [5.74, 6) is 3.24. The van der Waals surface area contributed by atoms with Crippen LogP contribution in [-0.2, 0) is 0 Å². The van der Waals surface area contributed by atoms with Crippen LogP contribution < -0.4 is 4.74 Å². The normalized spacial score (nSPS) is 30.8. The average molecular weight is 234 g/mol. The fourth-order valence-electron chi connectivity index (χ4n) is 3.49. The van der Waals surface area contributed by atoms with Gasteiger partial charge in [0, 0.05) is 0 Å². The van der Waals surface area contributed by atoms with E-state index in [-0.39, 0.29) is 5.82 Å². The van der Waals surface area contributed by atoms with Crippen LogP contribution in [0.4, 0.5) is 4.39 Å². The molecule has 0 heterocycles. The molecular formula is C15H19FO. The van der Waals surface area contributed by atoms with Crippen LogP contribution >= 0.6 is 0 Å². The molecule has 2 fully saturated rings. The first-order valence-electron chi connectivity index (χ1n) is 6.61. The van der Waals surface area contributed by atoms with Gasteiger partial charge in [-0.2, -0.15) is 0 Å². The maximum Gasteiger partial charge on any atom is 0.126 e. The largest absolute Gasteiger partial charge is 0.493 e. The second-order valence-corrected chi connectivity index (χ2v) is 5.66. The van der Waals surface area contributed by atoms with Crippen molar-refractivity contribution >= 4 is 0 Å². The number of ether oxygens (including phenoxy) is 1. The summed E-state index contributed by atoms with van der Waals surface area (Å²) in [6.45, 7) is 2.59. The summed E-state index contributed by atoms with van der Waals surface area (Å²) in [4.78, 5) is 0. The molecule has 2 aliphatic carbocycles. The molecule has 0 aliphatic heterocycles. The van der Waals surface area contributed by atoms with Gasteiger partial charge in [0.25, 0.3) is 0 Å². The van der Waals surface area contributed by atoms with Crippen LogP contribution in [0.25, 0.3) is 0 Å². The summed E-state index contributed by atoms with van der Waals surface area (Å²) in [5, 5.41) is 0. The number of hydrogen-bond acceptors (Lipinski definition) is 1. The van der Waals surface area contributed by atoms with Gasteiger partial charge in [-0.25, -0.2) is 4.39 Å². The van der Waals surface area contributed by atoms with E-state index in [4.69, 9.17) is 4.74 Å². The molecule has 1 aromatic rings. The lowest BCUT2D eigenvalue weighted by molar-refractivity contribution is 0.195. The maximum atomic E-state index is 13.1. The first-order valence-corrected chi connectivity index (χ1v) is 6.61. The zero-order chi connectivity index (χ0) is 11.8. The Morgan fingerprint density at radius 2 is 2.18 bits per heavy atom. The second-order valence-electron chi connectivity index (χ2n) is 5.66. The number of fused-ring (bicyclic) bond motifs is 2. The Hall–Kier alpha value is -1.05. The molecule has 2 heteroatoms. The van der Waals surface area contributed by atoms with Crippen molar-refractivity contribution in [2.75, 3.05) is 6.61 Å². The van der Waals surface area contributed by atoms with Gasteiger partial charge in [0.05, 0.1) is 6.61 Å². The molecule has 0 spiro atoms. The molecule has 2 bridgehead atoms. The van der Waals surface area contributed by atoms with E-state index in [0.717, 1.165) is 30.1 Å². The summed E-state index contributed by atoms with van der Waals surface area (Å²) < 4.78 is 18.9. The molecule has 0 amide bonds. The Bertz CT molecular complexity index is 415. The van der Waals surface area contributed by atoms with Crippen LogP contribution in [0.1, 0.15) is 31.2 Å². The molecule has 0 radical (unpaired) electrons. The Morgan fingerprint density at radius 1 is 1.29 bits per heavy atom. The van der Waals surface area contributed by atoms with Gasteiger partial charge in [0.15, 0.2) is 0 Å². The molecule has 17 heavy (non-hydrogen) atoms. The molecule has 3 rings (SSSR count). The monoisotopic (exact) mass is 234 g/mol. The van der Waals surface area contributed by atoms with Gasteiger partial charge in [0.2, 0.25) is 0 Å². The van der Waals surface area contributed by atoms with Crippen molar-refractivity contribution in [3.63, 3.8) is 0 Å². The third kappa shape index (κ3) is 2.18. The molecule has 2 saturated carbocycles. The lowest BCUT2D eigenvalue weighted by atomic mass is 9.89. The van der Waals surface area contributed by atoms with Crippen LogP contribution in [0.5, 0.6) is 5.75 Å².